The zero-order valence-electron chi connectivity index (χ0n) is 19.3. The molecule has 4 heterocycles. The van der Waals surface area contributed by atoms with Gasteiger partial charge in [0.2, 0.25) is 5.91 Å². The Morgan fingerprint density at radius 2 is 1.88 bits per heavy atom. The summed E-state index contributed by atoms with van der Waals surface area (Å²) in [7, 11) is 1.93. The highest BCUT2D eigenvalue weighted by Crippen LogP contribution is 2.33. The maximum atomic E-state index is 12.5. The van der Waals surface area contributed by atoms with Gasteiger partial charge in [-0.3, -0.25) is 14.5 Å². The lowest BCUT2D eigenvalue weighted by molar-refractivity contribution is -0.118. The fourth-order valence-corrected chi connectivity index (χ4v) is 4.15. The Balaban J connectivity index is 0.00000289. The maximum Gasteiger partial charge on any atom is 0.247 e. The average molecular weight is 454 g/mol. The number of carbonyl (C=O) groups excluding carboxylic acids is 1. The summed E-state index contributed by atoms with van der Waals surface area (Å²) in [4.78, 5) is 28.1. The van der Waals surface area contributed by atoms with E-state index in [1.54, 1.807) is 0 Å². The Labute approximate surface area is 195 Å². The molecule has 3 aromatic rings. The second kappa shape index (κ2) is 9.68. The summed E-state index contributed by atoms with van der Waals surface area (Å²) in [6, 6.07) is 1.89. The second-order valence-corrected chi connectivity index (χ2v) is 8.63. The molecule has 0 aromatic carbocycles. The minimum atomic E-state index is -0.232. The van der Waals surface area contributed by atoms with Gasteiger partial charge in [0, 0.05) is 32.1 Å². The molecule has 0 saturated carbocycles. The molecule has 9 heteroatoms. The lowest BCUT2D eigenvalue weighted by atomic mass is 9.99. The highest BCUT2D eigenvalue weighted by molar-refractivity contribution is 7.59. The van der Waals surface area contributed by atoms with Gasteiger partial charge in [0.1, 0.15) is 17.6 Å². The zero-order valence-corrected chi connectivity index (χ0v) is 20.3. The third-order valence-corrected chi connectivity index (χ3v) is 5.62. The molecule has 0 bridgehead atoms. The summed E-state index contributed by atoms with van der Waals surface area (Å²) >= 11 is 0. The van der Waals surface area contributed by atoms with Gasteiger partial charge in [0.05, 0.1) is 18.4 Å². The van der Waals surface area contributed by atoms with Gasteiger partial charge in [-0.05, 0) is 42.9 Å². The van der Waals surface area contributed by atoms with Gasteiger partial charge in [0.15, 0.2) is 5.82 Å². The fraction of sp³-hybridized carbons (Fsp3) is 0.435. The van der Waals surface area contributed by atoms with Crippen molar-refractivity contribution in [3.63, 3.8) is 0 Å². The first-order chi connectivity index (χ1) is 14.8. The normalized spacial score (nSPS) is 15.4. The quantitative estimate of drug-likeness (QED) is 0.617. The van der Waals surface area contributed by atoms with Gasteiger partial charge in [-0.15, -0.1) is 0 Å². The molecule has 0 spiro atoms. The highest BCUT2D eigenvalue weighted by Gasteiger charge is 2.35. The Morgan fingerprint density at radius 3 is 2.59 bits per heavy atom. The molecule has 0 fully saturated rings. The van der Waals surface area contributed by atoms with E-state index in [0.717, 1.165) is 40.4 Å². The van der Waals surface area contributed by atoms with E-state index in [0.29, 0.717) is 18.7 Å². The number of fused-ring (bicyclic) bond motifs is 1. The number of nitrogens with zero attached hydrogens (tertiary/aromatic N) is 6. The average Bonchev–Trinajstić information content (AvgIpc) is 3.14. The van der Waals surface area contributed by atoms with Crippen molar-refractivity contribution in [2.24, 2.45) is 5.92 Å². The van der Waals surface area contributed by atoms with Crippen LogP contribution in [0, 0.1) is 19.8 Å². The van der Waals surface area contributed by atoms with Crippen LogP contribution in [0.25, 0.3) is 0 Å². The van der Waals surface area contributed by atoms with Crippen LogP contribution >= 0.6 is 13.5 Å². The van der Waals surface area contributed by atoms with Crippen molar-refractivity contribution in [2.45, 2.75) is 53.1 Å². The first-order valence-corrected chi connectivity index (χ1v) is 10.6. The van der Waals surface area contributed by atoms with E-state index in [9.17, 15) is 4.79 Å². The van der Waals surface area contributed by atoms with E-state index in [-0.39, 0.29) is 31.4 Å². The van der Waals surface area contributed by atoms with Crippen LogP contribution < -0.4 is 10.2 Å². The second-order valence-electron chi connectivity index (χ2n) is 8.63. The fourth-order valence-electron chi connectivity index (χ4n) is 4.15. The molecule has 170 valence electrons. The SMILES string of the molecule is Cc1cncc(Cn2cc(CCc3nc(C)c4c(n3)N(C)[C@@H](C(C)C)C(=O)N4)cn2)c1.S. The number of likely N-dealkylation sites (N-methyl/N-ethyl adjacent to an activating group) is 1. The van der Waals surface area contributed by atoms with Crippen LogP contribution in [-0.4, -0.2) is 43.7 Å². The maximum absolute atomic E-state index is 12.5. The summed E-state index contributed by atoms with van der Waals surface area (Å²) in [6.45, 7) is 8.75. The molecule has 0 aliphatic carbocycles. The van der Waals surface area contributed by atoms with Crippen molar-refractivity contribution >= 4 is 30.9 Å². The molecule has 1 amide bonds. The van der Waals surface area contributed by atoms with Gasteiger partial charge in [0.25, 0.3) is 0 Å². The molecule has 4 rings (SSSR count). The molecule has 8 nitrogen and oxygen atoms in total. The minimum Gasteiger partial charge on any atom is -0.346 e. The number of hydrogen-bond donors (Lipinski definition) is 1. The van der Waals surface area contributed by atoms with Gasteiger partial charge in [-0.1, -0.05) is 19.9 Å². The van der Waals surface area contributed by atoms with Gasteiger partial charge in [-0.2, -0.15) is 18.6 Å². The summed E-state index contributed by atoms with van der Waals surface area (Å²) in [5.74, 6) is 1.76. The summed E-state index contributed by atoms with van der Waals surface area (Å²) in [6.07, 6.45) is 9.20. The van der Waals surface area contributed by atoms with Crippen LogP contribution in [0.4, 0.5) is 11.5 Å². The molecule has 32 heavy (non-hydrogen) atoms. The number of carbonyl (C=O) groups is 1. The number of aryl methyl sites for hydroxylation is 4. The predicted molar refractivity (Wildman–Crippen MR) is 131 cm³/mol. The number of hydrogen-bond acceptors (Lipinski definition) is 6. The number of pyridine rings is 1. The largest absolute Gasteiger partial charge is 0.346 e. The summed E-state index contributed by atoms with van der Waals surface area (Å²) in [5.41, 5.74) is 4.93. The highest BCUT2D eigenvalue weighted by atomic mass is 32.1. The van der Waals surface area contributed by atoms with E-state index in [4.69, 9.17) is 4.98 Å². The monoisotopic (exact) mass is 453 g/mol. The third-order valence-electron chi connectivity index (χ3n) is 5.62. The van der Waals surface area contributed by atoms with Crippen molar-refractivity contribution in [1.82, 2.24) is 24.7 Å². The number of rotatable bonds is 6. The Kier molecular flexibility index (Phi) is 7.18. The van der Waals surface area contributed by atoms with E-state index in [1.165, 1.54) is 0 Å². The Bertz CT molecular complexity index is 1110. The molecular formula is C23H31N7OS. The zero-order chi connectivity index (χ0) is 22.1. The molecule has 1 atom stereocenters. The first kappa shape index (κ1) is 23.7. The minimum absolute atomic E-state index is 0. The molecule has 1 aliphatic heterocycles. The topological polar surface area (TPSA) is 88.8 Å². The number of anilines is 2. The van der Waals surface area contributed by atoms with Crippen LogP contribution in [0.5, 0.6) is 0 Å². The van der Waals surface area contributed by atoms with E-state index in [1.807, 2.05) is 62.9 Å². The van der Waals surface area contributed by atoms with Crippen molar-refractivity contribution in [2.75, 3.05) is 17.3 Å². The van der Waals surface area contributed by atoms with Crippen LogP contribution in [0.15, 0.2) is 30.9 Å². The molecular weight excluding hydrogens is 422 g/mol. The Morgan fingerprint density at radius 1 is 1.09 bits per heavy atom. The predicted octanol–water partition coefficient (Wildman–Crippen LogP) is 3.04. The smallest absolute Gasteiger partial charge is 0.247 e. The van der Waals surface area contributed by atoms with E-state index >= 15 is 0 Å². The van der Waals surface area contributed by atoms with Crippen LogP contribution in [0.1, 0.15) is 42.1 Å². The van der Waals surface area contributed by atoms with Gasteiger partial charge < -0.3 is 10.2 Å². The summed E-state index contributed by atoms with van der Waals surface area (Å²) < 4.78 is 1.93. The van der Waals surface area contributed by atoms with Gasteiger partial charge >= 0.3 is 0 Å². The van der Waals surface area contributed by atoms with Crippen molar-refractivity contribution < 1.29 is 4.79 Å². The number of amides is 1. The van der Waals surface area contributed by atoms with Crippen molar-refractivity contribution in [3.05, 3.63) is 59.1 Å². The lowest BCUT2D eigenvalue weighted by Gasteiger charge is -2.36. The van der Waals surface area contributed by atoms with E-state index < -0.39 is 0 Å². The molecule has 3 aromatic heterocycles. The lowest BCUT2D eigenvalue weighted by Crippen LogP contribution is -2.49. The number of aromatic nitrogens is 5. The molecule has 1 aliphatic rings. The molecule has 0 radical (unpaired) electrons. The standard InChI is InChI=1S/C23H29N7O.H2S/c1-14(2)21-23(31)28-20-16(4)26-19(27-22(20)29(21)5)7-6-17-11-25-30(12-17)13-18-8-15(3)9-24-10-18;/h8-12,14,21H,6-7,13H2,1-5H3,(H,28,31);1H2/t21-;/m0./s1. The third kappa shape index (κ3) is 4.93. The first-order valence-electron chi connectivity index (χ1n) is 10.6. The molecule has 0 saturated heterocycles. The molecule has 1 N–H and O–H groups in total. The van der Waals surface area contributed by atoms with Crippen LogP contribution in [-0.2, 0) is 24.2 Å². The van der Waals surface area contributed by atoms with Gasteiger partial charge in [-0.25, -0.2) is 9.97 Å². The number of nitrogens with one attached hydrogen (secondary N) is 1. The van der Waals surface area contributed by atoms with Crippen molar-refractivity contribution in [3.8, 4) is 0 Å². The molecule has 0 unspecified atom stereocenters. The van der Waals surface area contributed by atoms with Crippen LogP contribution in [0.2, 0.25) is 0 Å². The van der Waals surface area contributed by atoms with E-state index in [2.05, 4.69) is 32.6 Å². The van der Waals surface area contributed by atoms with Crippen LogP contribution in [0.3, 0.4) is 0 Å². The summed E-state index contributed by atoms with van der Waals surface area (Å²) in [5, 5.41) is 7.48. The Hall–Kier alpha value is -2.94. The van der Waals surface area contributed by atoms with Crippen molar-refractivity contribution in [1.29, 1.82) is 0 Å².